The molecule has 2 heterocycles. The van der Waals surface area contributed by atoms with E-state index in [4.69, 9.17) is 9.15 Å². The van der Waals surface area contributed by atoms with Crippen molar-refractivity contribution in [1.29, 1.82) is 0 Å². The fourth-order valence-corrected chi connectivity index (χ4v) is 2.77. The van der Waals surface area contributed by atoms with Gasteiger partial charge in [0.05, 0.1) is 19.0 Å². The molecule has 4 rings (SSSR count). The van der Waals surface area contributed by atoms with Crippen molar-refractivity contribution in [3.05, 3.63) is 82.0 Å². The summed E-state index contributed by atoms with van der Waals surface area (Å²) in [5.74, 6) is -0.124. The zero-order chi connectivity index (χ0) is 19.0. The standard InChI is InChI=1S/C20H15N3O4/c1-12-6-8-14(9-7-12)23-11-16(21-22-23)18(24)15-10-13-4-3-5-17(26-2)19(13)27-20(15)25/h3-11H,1-2H3. The van der Waals surface area contributed by atoms with Gasteiger partial charge in [-0.2, -0.15) is 0 Å². The van der Waals surface area contributed by atoms with Crippen LogP contribution in [0.3, 0.4) is 0 Å². The quantitative estimate of drug-likeness (QED) is 0.410. The topological polar surface area (TPSA) is 87.2 Å². The number of hydrogen-bond donors (Lipinski definition) is 0. The summed E-state index contributed by atoms with van der Waals surface area (Å²) >= 11 is 0. The van der Waals surface area contributed by atoms with Gasteiger partial charge in [-0.3, -0.25) is 4.79 Å². The first kappa shape index (κ1) is 16.7. The predicted molar refractivity (Wildman–Crippen MR) is 98.6 cm³/mol. The van der Waals surface area contributed by atoms with Crippen molar-refractivity contribution >= 4 is 16.8 Å². The van der Waals surface area contributed by atoms with Crippen molar-refractivity contribution in [1.82, 2.24) is 15.0 Å². The molecule has 2 aromatic carbocycles. The molecule has 2 aromatic heterocycles. The van der Waals surface area contributed by atoms with Crippen LogP contribution in [0.25, 0.3) is 16.7 Å². The normalized spacial score (nSPS) is 10.9. The molecule has 134 valence electrons. The van der Waals surface area contributed by atoms with Crippen molar-refractivity contribution in [2.24, 2.45) is 0 Å². The molecule has 0 saturated heterocycles. The van der Waals surface area contributed by atoms with Crippen molar-refractivity contribution in [3.63, 3.8) is 0 Å². The molecule has 0 N–H and O–H groups in total. The molecule has 7 nitrogen and oxygen atoms in total. The number of para-hydroxylation sites is 1. The fourth-order valence-electron chi connectivity index (χ4n) is 2.77. The lowest BCUT2D eigenvalue weighted by atomic mass is 10.1. The van der Waals surface area contributed by atoms with Crippen LogP contribution in [0.5, 0.6) is 5.75 Å². The second-order valence-electron chi connectivity index (χ2n) is 6.04. The van der Waals surface area contributed by atoms with Gasteiger partial charge in [-0.15, -0.1) is 5.10 Å². The molecule has 27 heavy (non-hydrogen) atoms. The molecule has 0 fully saturated rings. The van der Waals surface area contributed by atoms with E-state index in [9.17, 15) is 9.59 Å². The summed E-state index contributed by atoms with van der Waals surface area (Å²) in [6.07, 6.45) is 1.49. The smallest absolute Gasteiger partial charge is 0.347 e. The van der Waals surface area contributed by atoms with E-state index in [0.717, 1.165) is 11.3 Å². The van der Waals surface area contributed by atoms with E-state index in [1.54, 1.807) is 18.2 Å². The molecule has 0 unspecified atom stereocenters. The Labute approximate surface area is 153 Å². The van der Waals surface area contributed by atoms with Crippen LogP contribution in [0.1, 0.15) is 21.6 Å². The van der Waals surface area contributed by atoms with E-state index in [2.05, 4.69) is 10.3 Å². The van der Waals surface area contributed by atoms with E-state index >= 15 is 0 Å². The minimum Gasteiger partial charge on any atom is -0.493 e. The Hall–Kier alpha value is -3.74. The Balaban J connectivity index is 1.74. The van der Waals surface area contributed by atoms with Gasteiger partial charge in [-0.1, -0.05) is 35.0 Å². The number of rotatable bonds is 4. The average molecular weight is 361 g/mol. The van der Waals surface area contributed by atoms with Crippen LogP contribution in [-0.2, 0) is 0 Å². The van der Waals surface area contributed by atoms with Gasteiger partial charge in [0, 0.05) is 5.39 Å². The summed E-state index contributed by atoms with van der Waals surface area (Å²) in [5, 5.41) is 8.47. The van der Waals surface area contributed by atoms with Crippen LogP contribution < -0.4 is 10.4 Å². The lowest BCUT2D eigenvalue weighted by molar-refractivity contribution is 0.103. The van der Waals surface area contributed by atoms with Gasteiger partial charge < -0.3 is 9.15 Å². The number of aromatic nitrogens is 3. The number of carbonyl (C=O) groups excluding carboxylic acids is 1. The van der Waals surface area contributed by atoms with Gasteiger partial charge in [0.25, 0.3) is 0 Å². The van der Waals surface area contributed by atoms with Gasteiger partial charge in [-0.05, 0) is 31.2 Å². The average Bonchev–Trinajstić information content (AvgIpc) is 3.17. The van der Waals surface area contributed by atoms with Gasteiger partial charge in [-0.25, -0.2) is 9.48 Å². The second-order valence-corrected chi connectivity index (χ2v) is 6.04. The first-order valence-electron chi connectivity index (χ1n) is 8.22. The Bertz CT molecular complexity index is 1210. The molecule has 4 aromatic rings. The van der Waals surface area contributed by atoms with E-state index < -0.39 is 11.4 Å². The van der Waals surface area contributed by atoms with E-state index in [1.165, 1.54) is 24.1 Å². The Morgan fingerprint density at radius 2 is 1.93 bits per heavy atom. The molecule has 0 atom stereocenters. The number of carbonyl (C=O) groups is 1. The number of fused-ring (bicyclic) bond motifs is 1. The highest BCUT2D eigenvalue weighted by Crippen LogP contribution is 2.25. The molecule has 0 aliphatic heterocycles. The Morgan fingerprint density at radius 3 is 2.67 bits per heavy atom. The van der Waals surface area contributed by atoms with Crippen molar-refractivity contribution in [3.8, 4) is 11.4 Å². The number of ether oxygens (including phenoxy) is 1. The lowest BCUT2D eigenvalue weighted by Gasteiger charge is -2.04. The monoisotopic (exact) mass is 361 g/mol. The van der Waals surface area contributed by atoms with E-state index in [0.29, 0.717) is 16.7 Å². The lowest BCUT2D eigenvalue weighted by Crippen LogP contribution is -2.15. The molecule has 0 aliphatic carbocycles. The summed E-state index contributed by atoms with van der Waals surface area (Å²) in [6.45, 7) is 1.98. The zero-order valence-corrected chi connectivity index (χ0v) is 14.7. The summed E-state index contributed by atoms with van der Waals surface area (Å²) in [7, 11) is 1.48. The molecular formula is C20H15N3O4. The number of methoxy groups -OCH3 is 1. The first-order valence-corrected chi connectivity index (χ1v) is 8.22. The van der Waals surface area contributed by atoms with Crippen LogP contribution in [-0.4, -0.2) is 27.9 Å². The molecule has 0 bridgehead atoms. The molecule has 0 saturated carbocycles. The third kappa shape index (κ3) is 2.99. The summed E-state index contributed by atoms with van der Waals surface area (Å²) < 4.78 is 12.0. The molecule has 0 aliphatic rings. The van der Waals surface area contributed by atoms with Crippen LogP contribution in [0, 0.1) is 6.92 Å². The van der Waals surface area contributed by atoms with Crippen LogP contribution in [0.15, 0.2) is 63.9 Å². The minimum absolute atomic E-state index is 0.0603. The number of nitrogens with zero attached hydrogens (tertiary/aromatic N) is 3. The van der Waals surface area contributed by atoms with Crippen LogP contribution in [0.4, 0.5) is 0 Å². The maximum atomic E-state index is 12.8. The summed E-state index contributed by atoms with van der Waals surface area (Å²) in [5.41, 5.74) is 1.38. The Kier molecular flexibility index (Phi) is 4.04. The third-order valence-electron chi connectivity index (χ3n) is 4.21. The van der Waals surface area contributed by atoms with Gasteiger partial charge in [0.2, 0.25) is 5.78 Å². The number of benzene rings is 2. The molecule has 0 radical (unpaired) electrons. The van der Waals surface area contributed by atoms with Gasteiger partial charge in [0.1, 0.15) is 5.56 Å². The van der Waals surface area contributed by atoms with Crippen LogP contribution >= 0.6 is 0 Å². The molecule has 0 amide bonds. The van der Waals surface area contributed by atoms with Crippen molar-refractivity contribution < 1.29 is 13.9 Å². The molecule has 0 spiro atoms. The largest absolute Gasteiger partial charge is 0.493 e. The highest BCUT2D eigenvalue weighted by Gasteiger charge is 2.20. The summed E-state index contributed by atoms with van der Waals surface area (Å²) in [4.78, 5) is 25.1. The number of aryl methyl sites for hydroxylation is 1. The van der Waals surface area contributed by atoms with Gasteiger partial charge in [0.15, 0.2) is 17.0 Å². The van der Waals surface area contributed by atoms with Crippen molar-refractivity contribution in [2.45, 2.75) is 6.92 Å². The van der Waals surface area contributed by atoms with E-state index in [-0.39, 0.29) is 11.3 Å². The summed E-state index contributed by atoms with van der Waals surface area (Å²) in [6, 6.07) is 14.3. The Morgan fingerprint density at radius 1 is 1.15 bits per heavy atom. The van der Waals surface area contributed by atoms with E-state index in [1.807, 2.05) is 31.2 Å². The zero-order valence-electron chi connectivity index (χ0n) is 14.7. The first-order chi connectivity index (χ1) is 13.1. The maximum absolute atomic E-state index is 12.8. The maximum Gasteiger partial charge on any atom is 0.347 e. The van der Waals surface area contributed by atoms with Gasteiger partial charge >= 0.3 is 5.63 Å². The molecule has 7 heteroatoms. The highest BCUT2D eigenvalue weighted by molar-refractivity contribution is 6.08. The fraction of sp³-hybridized carbons (Fsp3) is 0.100. The van der Waals surface area contributed by atoms with Crippen LogP contribution in [0.2, 0.25) is 0 Å². The highest BCUT2D eigenvalue weighted by atomic mass is 16.5. The third-order valence-corrected chi connectivity index (χ3v) is 4.21. The molecular weight excluding hydrogens is 346 g/mol. The SMILES string of the molecule is COc1cccc2cc(C(=O)c3cn(-c4ccc(C)cc4)nn3)c(=O)oc12. The second kappa shape index (κ2) is 6.53. The number of hydrogen-bond acceptors (Lipinski definition) is 6. The predicted octanol–water partition coefficient (Wildman–Crippen LogP) is 2.92. The number of ketones is 1. The minimum atomic E-state index is -0.748. The van der Waals surface area contributed by atoms with Crippen molar-refractivity contribution in [2.75, 3.05) is 7.11 Å².